The third-order valence-electron chi connectivity index (χ3n) is 12.0. The van der Waals surface area contributed by atoms with E-state index >= 15 is 0 Å². The molecule has 0 bridgehead atoms. The lowest BCUT2D eigenvalue weighted by Gasteiger charge is -2.20. The lowest BCUT2D eigenvalue weighted by Crippen LogP contribution is -2.45. The minimum absolute atomic E-state index is 0.0264. The van der Waals surface area contributed by atoms with Crippen LogP contribution in [0.2, 0.25) is 0 Å². The predicted molar refractivity (Wildman–Crippen MR) is 255 cm³/mol. The zero-order valence-electron chi connectivity index (χ0n) is 39.5. The molecule has 0 saturated heterocycles. The van der Waals surface area contributed by atoms with Gasteiger partial charge in [0, 0.05) is 12.8 Å². The zero-order valence-corrected chi connectivity index (χ0v) is 39.5. The van der Waals surface area contributed by atoms with Crippen molar-refractivity contribution < 1.29 is 24.5 Å². The average molecular weight is 832 g/mol. The maximum atomic E-state index is 12.4. The van der Waals surface area contributed by atoms with Gasteiger partial charge in [0.1, 0.15) is 0 Å². The van der Waals surface area contributed by atoms with Crippen molar-refractivity contribution in [3.8, 4) is 0 Å². The maximum Gasteiger partial charge on any atom is 0.305 e. The van der Waals surface area contributed by atoms with Crippen LogP contribution < -0.4 is 5.32 Å². The van der Waals surface area contributed by atoms with Crippen LogP contribution in [0.15, 0.2) is 24.3 Å². The van der Waals surface area contributed by atoms with Gasteiger partial charge in [0.15, 0.2) is 0 Å². The summed E-state index contributed by atoms with van der Waals surface area (Å²) in [7, 11) is 0. The van der Waals surface area contributed by atoms with E-state index in [0.717, 1.165) is 57.8 Å². The molecule has 0 aliphatic carbocycles. The van der Waals surface area contributed by atoms with Crippen molar-refractivity contribution in [2.75, 3.05) is 13.2 Å². The number of ether oxygens (including phenoxy) is 1. The molecule has 2 unspecified atom stereocenters. The highest BCUT2D eigenvalue weighted by Crippen LogP contribution is 2.16. The molecule has 0 aromatic heterocycles. The standard InChI is InChI=1S/C53H101NO5/c1-3-5-7-9-11-13-15-16-17-18-19-20-21-22-23-26-29-33-37-41-45-51(56)50(49-55)54-52(57)46-42-38-34-30-27-24-28-32-36-40-44-48-59-53(58)47-43-39-35-31-25-14-12-10-8-6-4-2/h10,12,41,45,50-51,55-56H,3-9,11,13-40,42-44,46-49H2,1-2H3,(H,54,57)/b12-10-,45-41+. The molecule has 3 N–H and O–H groups in total. The van der Waals surface area contributed by atoms with Crippen LogP contribution in [0.5, 0.6) is 0 Å². The first-order valence-electron chi connectivity index (χ1n) is 26.1. The van der Waals surface area contributed by atoms with E-state index in [9.17, 15) is 19.8 Å². The molecule has 2 atom stereocenters. The Labute approximate surface area is 367 Å². The molecular weight excluding hydrogens is 731 g/mol. The summed E-state index contributed by atoms with van der Waals surface area (Å²) in [4.78, 5) is 24.4. The maximum absolute atomic E-state index is 12.4. The number of aliphatic hydroxyl groups is 2. The van der Waals surface area contributed by atoms with Gasteiger partial charge in [-0.05, 0) is 51.4 Å². The second-order valence-electron chi connectivity index (χ2n) is 17.9. The Morgan fingerprint density at radius 1 is 0.458 bits per heavy atom. The highest BCUT2D eigenvalue weighted by Gasteiger charge is 2.18. The number of nitrogens with one attached hydrogen (secondary N) is 1. The first-order chi connectivity index (χ1) is 29.0. The number of carbonyl (C=O) groups is 2. The van der Waals surface area contributed by atoms with Gasteiger partial charge >= 0.3 is 5.97 Å². The van der Waals surface area contributed by atoms with Crippen molar-refractivity contribution in [1.82, 2.24) is 5.32 Å². The highest BCUT2D eigenvalue weighted by molar-refractivity contribution is 5.76. The third-order valence-corrected chi connectivity index (χ3v) is 12.0. The van der Waals surface area contributed by atoms with Gasteiger partial charge in [0.2, 0.25) is 5.91 Å². The number of unbranched alkanes of at least 4 members (excludes halogenated alkanes) is 35. The van der Waals surface area contributed by atoms with E-state index in [1.54, 1.807) is 6.08 Å². The van der Waals surface area contributed by atoms with Crippen molar-refractivity contribution >= 4 is 11.9 Å². The molecular formula is C53H101NO5. The summed E-state index contributed by atoms with van der Waals surface area (Å²) in [6, 6.07) is -0.642. The Kier molecular flexibility index (Phi) is 47.6. The fourth-order valence-electron chi connectivity index (χ4n) is 7.91. The Bertz CT molecular complexity index is 920. The lowest BCUT2D eigenvalue weighted by molar-refractivity contribution is -0.143. The molecule has 0 saturated carbocycles. The minimum atomic E-state index is -0.857. The molecule has 0 aliphatic heterocycles. The Balaban J connectivity index is 3.52. The minimum Gasteiger partial charge on any atom is -0.466 e. The summed E-state index contributed by atoms with van der Waals surface area (Å²) in [6.07, 6.45) is 57.5. The summed E-state index contributed by atoms with van der Waals surface area (Å²) in [5, 5.41) is 23.1. The Morgan fingerprint density at radius 3 is 1.25 bits per heavy atom. The molecule has 0 aromatic carbocycles. The van der Waals surface area contributed by atoms with Crippen LogP contribution in [0.3, 0.4) is 0 Å². The monoisotopic (exact) mass is 832 g/mol. The number of esters is 1. The second kappa shape index (κ2) is 49.0. The van der Waals surface area contributed by atoms with Gasteiger partial charge in [0.05, 0.1) is 25.4 Å². The highest BCUT2D eigenvalue weighted by atomic mass is 16.5. The fourth-order valence-corrected chi connectivity index (χ4v) is 7.91. The predicted octanol–water partition coefficient (Wildman–Crippen LogP) is 15.5. The van der Waals surface area contributed by atoms with E-state index in [4.69, 9.17) is 4.74 Å². The topological polar surface area (TPSA) is 95.9 Å². The molecule has 0 heterocycles. The molecule has 0 aliphatic rings. The Morgan fingerprint density at radius 2 is 0.814 bits per heavy atom. The molecule has 0 radical (unpaired) electrons. The van der Waals surface area contributed by atoms with Crippen LogP contribution in [0, 0.1) is 0 Å². The number of allylic oxidation sites excluding steroid dienone is 3. The van der Waals surface area contributed by atoms with E-state index in [0.29, 0.717) is 19.4 Å². The van der Waals surface area contributed by atoms with Crippen molar-refractivity contribution in [3.63, 3.8) is 0 Å². The second-order valence-corrected chi connectivity index (χ2v) is 17.9. The molecule has 0 rings (SSSR count). The van der Waals surface area contributed by atoms with Crippen molar-refractivity contribution in [2.24, 2.45) is 0 Å². The molecule has 6 heteroatoms. The van der Waals surface area contributed by atoms with Gasteiger partial charge in [-0.2, -0.15) is 0 Å². The summed E-state index contributed by atoms with van der Waals surface area (Å²) < 4.78 is 5.43. The number of rotatable bonds is 48. The van der Waals surface area contributed by atoms with E-state index < -0.39 is 12.1 Å². The van der Waals surface area contributed by atoms with E-state index in [-0.39, 0.29) is 18.5 Å². The van der Waals surface area contributed by atoms with Crippen LogP contribution in [0.4, 0.5) is 0 Å². The first kappa shape index (κ1) is 57.3. The average Bonchev–Trinajstić information content (AvgIpc) is 3.24. The molecule has 0 spiro atoms. The van der Waals surface area contributed by atoms with E-state index in [1.165, 1.54) is 193 Å². The zero-order chi connectivity index (χ0) is 43.0. The normalized spacial score (nSPS) is 12.8. The summed E-state index contributed by atoms with van der Waals surface area (Å²) in [6.45, 7) is 4.83. The SMILES string of the molecule is CCCC/C=C\CCCCCCCC(=O)OCCCCCCCCCCCCCC(=O)NC(CO)C(O)/C=C/CCCCCCCCCCCCCCCCCCCC. The van der Waals surface area contributed by atoms with Crippen LogP contribution in [-0.2, 0) is 14.3 Å². The largest absolute Gasteiger partial charge is 0.466 e. The summed E-state index contributed by atoms with van der Waals surface area (Å²) in [5.41, 5.74) is 0. The van der Waals surface area contributed by atoms with Gasteiger partial charge < -0.3 is 20.3 Å². The lowest BCUT2D eigenvalue weighted by atomic mass is 10.0. The number of aliphatic hydroxyl groups excluding tert-OH is 2. The molecule has 59 heavy (non-hydrogen) atoms. The first-order valence-corrected chi connectivity index (χ1v) is 26.1. The smallest absolute Gasteiger partial charge is 0.305 e. The molecule has 0 fully saturated rings. The summed E-state index contributed by atoms with van der Waals surface area (Å²) >= 11 is 0. The van der Waals surface area contributed by atoms with Gasteiger partial charge in [-0.1, -0.05) is 237 Å². The number of hydrogen-bond acceptors (Lipinski definition) is 5. The van der Waals surface area contributed by atoms with Crippen molar-refractivity contribution in [2.45, 2.75) is 289 Å². The van der Waals surface area contributed by atoms with Gasteiger partial charge in [0.25, 0.3) is 0 Å². The van der Waals surface area contributed by atoms with Gasteiger partial charge in [-0.15, -0.1) is 0 Å². The van der Waals surface area contributed by atoms with Crippen LogP contribution in [-0.4, -0.2) is 47.4 Å². The number of amides is 1. The van der Waals surface area contributed by atoms with Crippen LogP contribution in [0.1, 0.15) is 277 Å². The molecule has 6 nitrogen and oxygen atoms in total. The number of hydrogen-bond donors (Lipinski definition) is 3. The fraction of sp³-hybridized carbons (Fsp3) is 0.887. The van der Waals surface area contributed by atoms with Crippen molar-refractivity contribution in [1.29, 1.82) is 0 Å². The van der Waals surface area contributed by atoms with E-state index in [1.807, 2.05) is 6.08 Å². The Hall–Kier alpha value is -1.66. The molecule has 0 aromatic rings. The third kappa shape index (κ3) is 45.7. The molecule has 1 amide bonds. The quantitative estimate of drug-likeness (QED) is 0.0322. The van der Waals surface area contributed by atoms with E-state index in [2.05, 4.69) is 31.3 Å². The number of carbonyl (C=O) groups excluding carboxylic acids is 2. The summed E-state index contributed by atoms with van der Waals surface area (Å²) in [5.74, 6) is -0.112. The van der Waals surface area contributed by atoms with Crippen LogP contribution in [0.25, 0.3) is 0 Å². The van der Waals surface area contributed by atoms with Gasteiger partial charge in [-0.25, -0.2) is 0 Å². The molecule has 348 valence electrons. The van der Waals surface area contributed by atoms with Gasteiger partial charge in [-0.3, -0.25) is 9.59 Å². The van der Waals surface area contributed by atoms with Crippen molar-refractivity contribution in [3.05, 3.63) is 24.3 Å². The van der Waals surface area contributed by atoms with Crippen LogP contribution >= 0.6 is 0 Å².